The number of hydrogen-bond acceptors (Lipinski definition) is 3. The van der Waals surface area contributed by atoms with Crippen LogP contribution < -0.4 is 10.6 Å². The number of nitrogens with one attached hydrogen (secondary N) is 2. The van der Waals surface area contributed by atoms with Crippen molar-refractivity contribution in [3.05, 3.63) is 66.2 Å². The topological polar surface area (TPSA) is 44.4 Å². The molecular formula is C20H25N3O. The highest BCUT2D eigenvalue weighted by Gasteiger charge is 2.23. The maximum atomic E-state index is 12.2. The summed E-state index contributed by atoms with van der Waals surface area (Å²) >= 11 is 0. The minimum Gasteiger partial charge on any atom is -0.376 e. The zero-order chi connectivity index (χ0) is 16.6. The van der Waals surface area contributed by atoms with Gasteiger partial charge in [0.2, 0.25) is 5.91 Å². The smallest absolute Gasteiger partial charge is 0.239 e. The van der Waals surface area contributed by atoms with Crippen LogP contribution in [0.3, 0.4) is 0 Å². The quantitative estimate of drug-likeness (QED) is 0.823. The van der Waals surface area contributed by atoms with Crippen LogP contribution >= 0.6 is 0 Å². The molecule has 1 aliphatic heterocycles. The Hall–Kier alpha value is -2.33. The van der Waals surface area contributed by atoms with Gasteiger partial charge in [0.1, 0.15) is 0 Å². The molecule has 1 aliphatic rings. The van der Waals surface area contributed by atoms with E-state index in [2.05, 4.69) is 39.8 Å². The van der Waals surface area contributed by atoms with Gasteiger partial charge in [-0.2, -0.15) is 0 Å². The molecule has 3 rings (SSSR count). The fraction of sp³-hybridized carbons (Fsp3) is 0.350. The van der Waals surface area contributed by atoms with Gasteiger partial charge in [0.15, 0.2) is 0 Å². The molecular weight excluding hydrogens is 298 g/mol. The van der Waals surface area contributed by atoms with Gasteiger partial charge in [-0.1, -0.05) is 48.5 Å². The second-order valence-corrected chi connectivity index (χ2v) is 6.19. The maximum absolute atomic E-state index is 12.2. The number of amides is 1. The zero-order valence-corrected chi connectivity index (χ0v) is 13.9. The number of likely N-dealkylation sites (tertiary alicyclic amines) is 1. The van der Waals surface area contributed by atoms with E-state index >= 15 is 0 Å². The number of carbonyl (C=O) groups excluding carboxylic acids is 1. The predicted molar refractivity (Wildman–Crippen MR) is 97.9 cm³/mol. The molecule has 0 aliphatic carbocycles. The van der Waals surface area contributed by atoms with E-state index in [4.69, 9.17) is 0 Å². The molecule has 1 heterocycles. The average Bonchev–Trinajstić information content (AvgIpc) is 3.16. The molecule has 0 bridgehead atoms. The Morgan fingerprint density at radius 2 is 1.58 bits per heavy atom. The van der Waals surface area contributed by atoms with Crippen LogP contribution in [-0.4, -0.2) is 37.0 Å². The third kappa shape index (κ3) is 4.59. The van der Waals surface area contributed by atoms with E-state index < -0.39 is 0 Å². The van der Waals surface area contributed by atoms with E-state index in [1.807, 2.05) is 36.4 Å². The van der Waals surface area contributed by atoms with Gasteiger partial charge in [-0.05, 0) is 43.6 Å². The summed E-state index contributed by atoms with van der Waals surface area (Å²) in [5.74, 6) is 0.0268. The Morgan fingerprint density at radius 1 is 0.958 bits per heavy atom. The highest BCUT2D eigenvalue weighted by atomic mass is 16.1. The first kappa shape index (κ1) is 16.5. The highest BCUT2D eigenvalue weighted by molar-refractivity contribution is 5.80. The van der Waals surface area contributed by atoms with E-state index in [0.717, 1.165) is 18.8 Å². The first-order valence-electron chi connectivity index (χ1n) is 8.67. The van der Waals surface area contributed by atoms with Crippen LogP contribution in [0.4, 0.5) is 5.69 Å². The number of rotatable bonds is 7. The molecule has 2 aromatic rings. The van der Waals surface area contributed by atoms with Crippen LogP contribution in [0.1, 0.15) is 24.4 Å². The summed E-state index contributed by atoms with van der Waals surface area (Å²) in [7, 11) is 0. The predicted octanol–water partition coefficient (Wildman–Crippen LogP) is 3.05. The molecule has 0 aromatic heterocycles. The van der Waals surface area contributed by atoms with Gasteiger partial charge in [0.05, 0.1) is 12.6 Å². The Kier molecular flexibility index (Phi) is 5.85. The molecule has 0 spiro atoms. The van der Waals surface area contributed by atoms with Crippen LogP contribution in [0, 0.1) is 0 Å². The van der Waals surface area contributed by atoms with Crippen molar-refractivity contribution in [3.8, 4) is 0 Å². The van der Waals surface area contributed by atoms with Crippen LogP contribution in [-0.2, 0) is 4.79 Å². The van der Waals surface area contributed by atoms with E-state index in [1.165, 1.54) is 18.4 Å². The summed E-state index contributed by atoms with van der Waals surface area (Å²) in [6.07, 6.45) is 2.49. The van der Waals surface area contributed by atoms with Crippen molar-refractivity contribution in [1.29, 1.82) is 0 Å². The van der Waals surface area contributed by atoms with Gasteiger partial charge in [-0.15, -0.1) is 0 Å². The number of para-hydroxylation sites is 1. The van der Waals surface area contributed by atoms with Gasteiger partial charge in [-0.25, -0.2) is 0 Å². The van der Waals surface area contributed by atoms with Gasteiger partial charge in [-0.3, -0.25) is 9.69 Å². The Balaban J connectivity index is 1.54. The molecule has 4 heteroatoms. The van der Waals surface area contributed by atoms with Crippen molar-refractivity contribution in [2.45, 2.75) is 18.9 Å². The molecule has 4 nitrogen and oxygen atoms in total. The SMILES string of the molecule is O=C(CNc1ccccc1)NCC(c1ccccc1)N1CCCC1. The number of carbonyl (C=O) groups is 1. The first-order valence-corrected chi connectivity index (χ1v) is 8.67. The minimum absolute atomic E-state index is 0.0268. The standard InChI is InChI=1S/C20H25N3O/c24-20(16-21-18-11-5-2-6-12-18)22-15-19(23-13-7-8-14-23)17-9-3-1-4-10-17/h1-6,9-12,19,21H,7-8,13-16H2,(H,22,24). The van der Waals surface area contributed by atoms with Crippen molar-refractivity contribution < 1.29 is 4.79 Å². The summed E-state index contributed by atoms with van der Waals surface area (Å²) in [5.41, 5.74) is 2.24. The van der Waals surface area contributed by atoms with Crippen molar-refractivity contribution in [1.82, 2.24) is 10.2 Å². The van der Waals surface area contributed by atoms with Crippen molar-refractivity contribution in [2.24, 2.45) is 0 Å². The molecule has 2 aromatic carbocycles. The van der Waals surface area contributed by atoms with E-state index in [-0.39, 0.29) is 11.9 Å². The normalized spacial score (nSPS) is 15.8. The molecule has 1 fully saturated rings. The third-order valence-electron chi connectivity index (χ3n) is 4.49. The van der Waals surface area contributed by atoms with E-state index in [1.54, 1.807) is 0 Å². The van der Waals surface area contributed by atoms with Crippen molar-refractivity contribution >= 4 is 11.6 Å². The molecule has 1 saturated heterocycles. The zero-order valence-electron chi connectivity index (χ0n) is 13.9. The van der Waals surface area contributed by atoms with Crippen LogP contribution in [0.2, 0.25) is 0 Å². The molecule has 0 radical (unpaired) electrons. The second kappa shape index (κ2) is 8.50. The Bertz CT molecular complexity index is 624. The van der Waals surface area contributed by atoms with Crippen molar-refractivity contribution in [2.75, 3.05) is 31.5 Å². The lowest BCUT2D eigenvalue weighted by atomic mass is 10.1. The lowest BCUT2D eigenvalue weighted by molar-refractivity contribution is -0.119. The third-order valence-corrected chi connectivity index (χ3v) is 4.49. The Morgan fingerprint density at radius 3 is 2.25 bits per heavy atom. The molecule has 126 valence electrons. The maximum Gasteiger partial charge on any atom is 0.239 e. The lowest BCUT2D eigenvalue weighted by Gasteiger charge is -2.28. The Labute approximate surface area is 143 Å². The monoisotopic (exact) mass is 323 g/mol. The number of anilines is 1. The second-order valence-electron chi connectivity index (χ2n) is 6.19. The fourth-order valence-corrected chi connectivity index (χ4v) is 3.20. The van der Waals surface area contributed by atoms with Gasteiger partial charge in [0.25, 0.3) is 0 Å². The number of nitrogens with zero attached hydrogens (tertiary/aromatic N) is 1. The van der Waals surface area contributed by atoms with Gasteiger partial charge >= 0.3 is 0 Å². The molecule has 2 N–H and O–H groups in total. The molecule has 1 amide bonds. The van der Waals surface area contributed by atoms with Crippen LogP contribution in [0.5, 0.6) is 0 Å². The van der Waals surface area contributed by atoms with Crippen LogP contribution in [0.15, 0.2) is 60.7 Å². The number of benzene rings is 2. The fourth-order valence-electron chi connectivity index (χ4n) is 3.20. The minimum atomic E-state index is 0.0268. The van der Waals surface area contributed by atoms with Crippen LogP contribution in [0.25, 0.3) is 0 Å². The molecule has 1 atom stereocenters. The molecule has 24 heavy (non-hydrogen) atoms. The summed E-state index contributed by atoms with van der Waals surface area (Å²) in [5, 5.41) is 6.24. The summed E-state index contributed by atoms with van der Waals surface area (Å²) in [6.45, 7) is 3.17. The molecule has 0 saturated carbocycles. The first-order chi connectivity index (χ1) is 11.8. The van der Waals surface area contributed by atoms with E-state index in [9.17, 15) is 4.79 Å². The van der Waals surface area contributed by atoms with Crippen molar-refractivity contribution in [3.63, 3.8) is 0 Å². The van der Waals surface area contributed by atoms with Gasteiger partial charge < -0.3 is 10.6 Å². The summed E-state index contributed by atoms with van der Waals surface area (Å²) in [6, 6.07) is 20.5. The largest absolute Gasteiger partial charge is 0.376 e. The highest BCUT2D eigenvalue weighted by Crippen LogP contribution is 2.24. The van der Waals surface area contributed by atoms with Gasteiger partial charge in [0, 0.05) is 12.2 Å². The van der Waals surface area contributed by atoms with E-state index in [0.29, 0.717) is 13.1 Å². The lowest BCUT2D eigenvalue weighted by Crippen LogP contribution is -2.38. The number of hydrogen-bond donors (Lipinski definition) is 2. The summed E-state index contributed by atoms with van der Waals surface area (Å²) < 4.78 is 0. The molecule has 1 unspecified atom stereocenters. The average molecular weight is 323 g/mol. The summed E-state index contributed by atoms with van der Waals surface area (Å²) in [4.78, 5) is 14.6.